The van der Waals surface area contributed by atoms with Gasteiger partial charge in [0.15, 0.2) is 15.6 Å². The molecule has 0 saturated heterocycles. The lowest BCUT2D eigenvalue weighted by molar-refractivity contribution is -0.112. The lowest BCUT2D eigenvalue weighted by Gasteiger charge is -1.96. The molecule has 0 fully saturated rings. The Kier molecular flexibility index (Phi) is 5.44. The van der Waals surface area contributed by atoms with Gasteiger partial charge < -0.3 is 0 Å². The molecule has 0 unspecified atom stereocenters. The number of allylic oxidation sites excluding steroid dienone is 1. The van der Waals surface area contributed by atoms with Gasteiger partial charge in [-0.25, -0.2) is 8.42 Å². The van der Waals surface area contributed by atoms with E-state index in [9.17, 15) is 13.2 Å². The van der Waals surface area contributed by atoms with E-state index < -0.39 is 21.4 Å². The van der Waals surface area contributed by atoms with E-state index in [0.29, 0.717) is 0 Å². The van der Waals surface area contributed by atoms with E-state index in [-0.39, 0.29) is 0 Å². The van der Waals surface area contributed by atoms with Gasteiger partial charge in [-0.1, -0.05) is 66.7 Å². The Morgan fingerprint density at radius 2 is 1.32 bits per heavy atom. The molecule has 0 spiro atoms. The molecule has 0 aliphatic heterocycles. The SMILES string of the molecule is O=C(/C=C\c1ccccc1)CS(=O)(=O)/C=C/c1ccccc1. The maximum Gasteiger partial charge on any atom is 0.179 e. The fourth-order valence-electron chi connectivity index (χ4n) is 1.79. The molecule has 0 aromatic heterocycles. The Hall–Kier alpha value is -2.46. The van der Waals surface area contributed by atoms with Gasteiger partial charge in [0.05, 0.1) is 0 Å². The van der Waals surface area contributed by atoms with E-state index in [1.807, 2.05) is 48.5 Å². The first-order valence-electron chi connectivity index (χ1n) is 6.77. The summed E-state index contributed by atoms with van der Waals surface area (Å²) in [5, 5.41) is 1.08. The van der Waals surface area contributed by atoms with Crippen LogP contribution in [0.15, 0.2) is 72.1 Å². The van der Waals surface area contributed by atoms with Crippen molar-refractivity contribution in [3.63, 3.8) is 0 Å². The third-order valence-corrected chi connectivity index (χ3v) is 4.11. The minimum absolute atomic E-state index is 0.443. The molecule has 112 valence electrons. The summed E-state index contributed by atoms with van der Waals surface area (Å²) in [5.41, 5.74) is 1.63. The highest BCUT2D eigenvalue weighted by Crippen LogP contribution is 2.05. The molecule has 2 aromatic carbocycles. The molecule has 0 amide bonds. The average Bonchev–Trinajstić information content (AvgIpc) is 2.53. The second-order valence-electron chi connectivity index (χ2n) is 4.73. The molecular formula is C18H16O3S. The van der Waals surface area contributed by atoms with Crippen LogP contribution in [0.3, 0.4) is 0 Å². The number of sulfone groups is 1. The van der Waals surface area contributed by atoms with Crippen LogP contribution >= 0.6 is 0 Å². The number of hydrogen-bond donors (Lipinski definition) is 0. The van der Waals surface area contributed by atoms with Gasteiger partial charge in [-0.2, -0.15) is 0 Å². The van der Waals surface area contributed by atoms with Crippen molar-refractivity contribution in [3.8, 4) is 0 Å². The Morgan fingerprint density at radius 1 is 0.818 bits per heavy atom. The standard InChI is InChI=1S/C18H16O3S/c19-18(12-11-16-7-3-1-4-8-16)15-22(20,21)14-13-17-9-5-2-6-10-17/h1-14H,15H2/b12-11-,14-13+. The summed E-state index contributed by atoms with van der Waals surface area (Å²) in [6.45, 7) is 0. The molecule has 2 aromatic rings. The third-order valence-electron chi connectivity index (χ3n) is 2.87. The third kappa shape index (κ3) is 5.50. The molecule has 4 heteroatoms. The first-order valence-corrected chi connectivity index (χ1v) is 8.48. The number of ketones is 1. The number of hydrogen-bond acceptors (Lipinski definition) is 3. The van der Waals surface area contributed by atoms with Crippen molar-refractivity contribution >= 4 is 27.8 Å². The molecule has 22 heavy (non-hydrogen) atoms. The van der Waals surface area contributed by atoms with Crippen LogP contribution in [0.4, 0.5) is 0 Å². The second kappa shape index (κ2) is 7.52. The van der Waals surface area contributed by atoms with E-state index in [0.717, 1.165) is 16.5 Å². The van der Waals surface area contributed by atoms with Crippen LogP contribution in [0.5, 0.6) is 0 Å². The van der Waals surface area contributed by atoms with Gasteiger partial charge in [-0.3, -0.25) is 4.79 Å². The van der Waals surface area contributed by atoms with Crippen LogP contribution in [0.2, 0.25) is 0 Å². The van der Waals surface area contributed by atoms with E-state index in [1.54, 1.807) is 18.2 Å². The topological polar surface area (TPSA) is 51.2 Å². The van der Waals surface area contributed by atoms with Crippen LogP contribution in [-0.4, -0.2) is 20.0 Å². The maximum absolute atomic E-state index is 11.9. The molecule has 0 N–H and O–H groups in total. The van der Waals surface area contributed by atoms with Gasteiger partial charge in [-0.15, -0.1) is 0 Å². The van der Waals surface area contributed by atoms with Crippen molar-refractivity contribution in [3.05, 3.63) is 83.3 Å². The predicted molar refractivity (Wildman–Crippen MR) is 89.7 cm³/mol. The first-order chi connectivity index (χ1) is 10.6. The van der Waals surface area contributed by atoms with Crippen LogP contribution in [0.1, 0.15) is 11.1 Å². The molecule has 3 nitrogen and oxygen atoms in total. The second-order valence-corrected chi connectivity index (χ2v) is 6.62. The van der Waals surface area contributed by atoms with Crippen molar-refractivity contribution in [2.75, 3.05) is 5.75 Å². The lowest BCUT2D eigenvalue weighted by atomic mass is 10.2. The highest BCUT2D eigenvalue weighted by Gasteiger charge is 2.10. The molecule has 0 aliphatic carbocycles. The number of benzene rings is 2. The summed E-state index contributed by atoms with van der Waals surface area (Å²) in [6, 6.07) is 18.3. The van der Waals surface area contributed by atoms with E-state index in [4.69, 9.17) is 0 Å². The van der Waals surface area contributed by atoms with Crippen molar-refractivity contribution in [1.82, 2.24) is 0 Å². The Bertz CT molecular complexity index is 774. The average molecular weight is 312 g/mol. The molecule has 0 saturated carbocycles. The molecular weight excluding hydrogens is 296 g/mol. The number of rotatable bonds is 6. The smallest absolute Gasteiger partial charge is 0.179 e. The van der Waals surface area contributed by atoms with Crippen molar-refractivity contribution in [1.29, 1.82) is 0 Å². The summed E-state index contributed by atoms with van der Waals surface area (Å²) in [7, 11) is -3.56. The van der Waals surface area contributed by atoms with E-state index in [2.05, 4.69) is 0 Å². The summed E-state index contributed by atoms with van der Waals surface area (Å²) in [6.07, 6.45) is 4.39. The van der Waals surface area contributed by atoms with E-state index in [1.165, 1.54) is 12.2 Å². The molecule has 2 rings (SSSR count). The fourth-order valence-corrected chi connectivity index (χ4v) is 2.75. The summed E-state index contributed by atoms with van der Waals surface area (Å²) in [5.74, 6) is -0.971. The minimum atomic E-state index is -3.56. The Morgan fingerprint density at radius 3 is 1.86 bits per heavy atom. The summed E-state index contributed by atoms with van der Waals surface area (Å²) < 4.78 is 23.8. The number of carbonyl (C=O) groups excluding carboxylic acids is 1. The van der Waals surface area contributed by atoms with Gasteiger partial charge in [0, 0.05) is 5.41 Å². The Balaban J connectivity index is 1.98. The van der Waals surface area contributed by atoms with Gasteiger partial charge in [0.25, 0.3) is 0 Å². The largest absolute Gasteiger partial charge is 0.294 e. The van der Waals surface area contributed by atoms with Crippen LogP contribution in [-0.2, 0) is 14.6 Å². The molecule has 0 atom stereocenters. The summed E-state index contributed by atoms with van der Waals surface area (Å²) >= 11 is 0. The van der Waals surface area contributed by atoms with Crippen molar-refractivity contribution < 1.29 is 13.2 Å². The molecule has 0 bridgehead atoms. The first kappa shape index (κ1) is 15.9. The monoisotopic (exact) mass is 312 g/mol. The molecule has 0 heterocycles. The lowest BCUT2D eigenvalue weighted by Crippen LogP contribution is -2.11. The quantitative estimate of drug-likeness (QED) is 0.769. The molecule has 0 radical (unpaired) electrons. The zero-order valence-electron chi connectivity index (χ0n) is 11.9. The van der Waals surface area contributed by atoms with Crippen molar-refractivity contribution in [2.45, 2.75) is 0 Å². The number of carbonyl (C=O) groups is 1. The fraction of sp³-hybridized carbons (Fsp3) is 0.0556. The molecule has 0 aliphatic rings. The van der Waals surface area contributed by atoms with Gasteiger partial charge in [0.1, 0.15) is 5.75 Å². The van der Waals surface area contributed by atoms with Gasteiger partial charge in [-0.05, 0) is 23.3 Å². The highest BCUT2D eigenvalue weighted by molar-refractivity contribution is 7.95. The van der Waals surface area contributed by atoms with Gasteiger partial charge in [0.2, 0.25) is 0 Å². The Labute approximate surface area is 130 Å². The van der Waals surface area contributed by atoms with Crippen LogP contribution < -0.4 is 0 Å². The zero-order valence-corrected chi connectivity index (χ0v) is 12.7. The zero-order chi connectivity index (χ0) is 15.8. The van der Waals surface area contributed by atoms with E-state index >= 15 is 0 Å². The minimum Gasteiger partial charge on any atom is -0.294 e. The van der Waals surface area contributed by atoms with Crippen LogP contribution in [0.25, 0.3) is 12.2 Å². The van der Waals surface area contributed by atoms with Crippen LogP contribution in [0, 0.1) is 0 Å². The normalized spacial score (nSPS) is 12.0. The highest BCUT2D eigenvalue weighted by atomic mass is 32.2. The maximum atomic E-state index is 11.9. The van der Waals surface area contributed by atoms with Gasteiger partial charge >= 0.3 is 0 Å². The van der Waals surface area contributed by atoms with Crippen molar-refractivity contribution in [2.24, 2.45) is 0 Å². The summed E-state index contributed by atoms with van der Waals surface area (Å²) in [4.78, 5) is 11.7. The predicted octanol–water partition coefficient (Wildman–Crippen LogP) is 3.35.